The van der Waals surface area contributed by atoms with Gasteiger partial charge in [-0.1, -0.05) is 27.7 Å². The van der Waals surface area contributed by atoms with Crippen molar-refractivity contribution in [1.29, 1.82) is 0 Å². The first-order valence-corrected chi connectivity index (χ1v) is 5.01. The molecule has 1 aliphatic rings. The van der Waals surface area contributed by atoms with E-state index in [9.17, 15) is 0 Å². The molecule has 0 atom stereocenters. The highest BCUT2D eigenvalue weighted by Gasteiger charge is 2.36. The fourth-order valence-electron chi connectivity index (χ4n) is 2.79. The van der Waals surface area contributed by atoms with E-state index in [2.05, 4.69) is 40.3 Å². The predicted molar refractivity (Wildman–Crippen MR) is 54.2 cm³/mol. The molecule has 11 heavy (non-hydrogen) atoms. The van der Waals surface area contributed by atoms with Crippen LogP contribution in [0.1, 0.15) is 47.0 Å². The van der Waals surface area contributed by atoms with Gasteiger partial charge in [0.15, 0.2) is 0 Å². The maximum absolute atomic E-state index is 4.59. The maximum Gasteiger partial charge on any atom is 0.00269 e. The molecule has 0 aromatic carbocycles. The fourth-order valence-corrected chi connectivity index (χ4v) is 3.78. The van der Waals surface area contributed by atoms with E-state index in [0.29, 0.717) is 16.1 Å². The van der Waals surface area contributed by atoms with Crippen LogP contribution in [0.4, 0.5) is 0 Å². The van der Waals surface area contributed by atoms with Gasteiger partial charge in [0, 0.05) is 5.25 Å². The van der Waals surface area contributed by atoms with E-state index in [0.717, 1.165) is 0 Å². The van der Waals surface area contributed by atoms with Crippen molar-refractivity contribution in [2.75, 3.05) is 0 Å². The van der Waals surface area contributed by atoms with E-state index >= 15 is 0 Å². The first-order chi connectivity index (χ1) is 4.81. The SMILES string of the molecule is CC1(C)CC(S)CC(C)(C)C1. The normalized spacial score (nSPS) is 30.3. The monoisotopic (exact) mass is 172 g/mol. The first kappa shape index (κ1) is 9.44. The van der Waals surface area contributed by atoms with E-state index in [1.165, 1.54) is 19.3 Å². The molecular formula is C10H20S. The minimum atomic E-state index is 0.508. The quantitative estimate of drug-likeness (QED) is 0.531. The zero-order valence-corrected chi connectivity index (χ0v) is 9.04. The van der Waals surface area contributed by atoms with Crippen molar-refractivity contribution in [2.24, 2.45) is 10.8 Å². The maximum atomic E-state index is 4.59. The summed E-state index contributed by atoms with van der Waals surface area (Å²) in [6.45, 7) is 9.43. The van der Waals surface area contributed by atoms with Gasteiger partial charge in [-0.05, 0) is 30.1 Å². The second-order valence-electron chi connectivity index (χ2n) is 5.57. The van der Waals surface area contributed by atoms with Gasteiger partial charge in [-0.2, -0.15) is 12.6 Å². The Labute approximate surface area is 76.2 Å². The van der Waals surface area contributed by atoms with Gasteiger partial charge in [-0.15, -0.1) is 0 Å². The van der Waals surface area contributed by atoms with E-state index in [-0.39, 0.29) is 0 Å². The summed E-state index contributed by atoms with van der Waals surface area (Å²) in [5.41, 5.74) is 1.02. The lowest BCUT2D eigenvalue weighted by Gasteiger charge is -2.43. The second-order valence-corrected chi connectivity index (χ2v) is 6.30. The van der Waals surface area contributed by atoms with Crippen LogP contribution in [0, 0.1) is 10.8 Å². The van der Waals surface area contributed by atoms with Crippen molar-refractivity contribution >= 4 is 12.6 Å². The molecule has 0 aromatic rings. The van der Waals surface area contributed by atoms with Crippen molar-refractivity contribution in [3.8, 4) is 0 Å². The Morgan fingerprint density at radius 2 is 1.36 bits per heavy atom. The van der Waals surface area contributed by atoms with Crippen molar-refractivity contribution in [1.82, 2.24) is 0 Å². The molecule has 66 valence electrons. The van der Waals surface area contributed by atoms with Crippen LogP contribution in [-0.2, 0) is 0 Å². The van der Waals surface area contributed by atoms with Crippen LogP contribution in [0.15, 0.2) is 0 Å². The molecule has 0 bridgehead atoms. The average molecular weight is 172 g/mol. The Kier molecular flexibility index (Phi) is 2.31. The zero-order valence-electron chi connectivity index (χ0n) is 8.15. The summed E-state index contributed by atoms with van der Waals surface area (Å²) in [6.07, 6.45) is 3.90. The summed E-state index contributed by atoms with van der Waals surface area (Å²) in [6, 6.07) is 0. The van der Waals surface area contributed by atoms with Gasteiger partial charge in [-0.25, -0.2) is 0 Å². The van der Waals surface area contributed by atoms with Crippen molar-refractivity contribution in [3.63, 3.8) is 0 Å². The van der Waals surface area contributed by atoms with Gasteiger partial charge in [-0.3, -0.25) is 0 Å². The van der Waals surface area contributed by atoms with Crippen LogP contribution in [0.3, 0.4) is 0 Å². The smallest absolute Gasteiger partial charge is 0.00269 e. The van der Waals surface area contributed by atoms with Crippen molar-refractivity contribution in [2.45, 2.75) is 52.2 Å². The third-order valence-corrected chi connectivity index (χ3v) is 2.90. The summed E-state index contributed by atoms with van der Waals surface area (Å²) >= 11 is 4.59. The van der Waals surface area contributed by atoms with Crippen molar-refractivity contribution in [3.05, 3.63) is 0 Å². The molecule has 0 radical (unpaired) electrons. The molecule has 0 N–H and O–H groups in total. The summed E-state index contributed by atoms with van der Waals surface area (Å²) in [5, 5.41) is 0.619. The molecule has 0 unspecified atom stereocenters. The molecule has 1 rings (SSSR count). The molecule has 0 spiro atoms. The number of thiol groups is 1. The average Bonchev–Trinajstić information content (AvgIpc) is 1.49. The van der Waals surface area contributed by atoms with Crippen LogP contribution in [-0.4, -0.2) is 5.25 Å². The molecule has 0 aromatic heterocycles. The third kappa shape index (κ3) is 2.70. The molecule has 0 heterocycles. The highest BCUT2D eigenvalue weighted by molar-refractivity contribution is 7.80. The van der Waals surface area contributed by atoms with Crippen molar-refractivity contribution < 1.29 is 0 Å². The predicted octanol–water partition coefficient (Wildman–Crippen LogP) is 3.52. The molecule has 0 amide bonds. The molecule has 0 saturated heterocycles. The van der Waals surface area contributed by atoms with Crippen LogP contribution in [0.2, 0.25) is 0 Å². The Bertz CT molecular complexity index is 131. The minimum absolute atomic E-state index is 0.508. The standard InChI is InChI=1S/C10H20S/c1-9(2)5-8(11)6-10(3,4)7-9/h8,11H,5-7H2,1-4H3. The van der Waals surface area contributed by atoms with Gasteiger partial charge in [0.2, 0.25) is 0 Å². The van der Waals surface area contributed by atoms with E-state index in [4.69, 9.17) is 0 Å². The van der Waals surface area contributed by atoms with E-state index < -0.39 is 0 Å². The Balaban J connectivity index is 2.66. The molecule has 1 saturated carbocycles. The fraction of sp³-hybridized carbons (Fsp3) is 1.00. The summed E-state index contributed by atoms with van der Waals surface area (Å²) in [4.78, 5) is 0. The lowest BCUT2D eigenvalue weighted by molar-refractivity contribution is 0.122. The molecule has 1 heteroatoms. The van der Waals surface area contributed by atoms with Gasteiger partial charge in [0.25, 0.3) is 0 Å². The minimum Gasteiger partial charge on any atom is -0.176 e. The number of hydrogen-bond acceptors (Lipinski definition) is 1. The summed E-state index contributed by atoms with van der Waals surface area (Å²) in [5.74, 6) is 0. The van der Waals surface area contributed by atoms with Crippen LogP contribution < -0.4 is 0 Å². The van der Waals surface area contributed by atoms with Crippen LogP contribution in [0.5, 0.6) is 0 Å². The number of hydrogen-bond donors (Lipinski definition) is 1. The number of rotatable bonds is 0. The third-order valence-electron chi connectivity index (χ3n) is 2.53. The molecule has 1 fully saturated rings. The Morgan fingerprint density at radius 1 is 1.00 bits per heavy atom. The zero-order chi connectivity index (χ0) is 8.70. The second kappa shape index (κ2) is 2.69. The van der Waals surface area contributed by atoms with E-state index in [1.807, 2.05) is 0 Å². The lowest BCUT2D eigenvalue weighted by atomic mass is 9.65. The van der Waals surface area contributed by atoms with Gasteiger partial charge >= 0.3 is 0 Å². The van der Waals surface area contributed by atoms with E-state index in [1.54, 1.807) is 0 Å². The lowest BCUT2D eigenvalue weighted by Crippen LogP contribution is -2.34. The van der Waals surface area contributed by atoms with Gasteiger partial charge < -0.3 is 0 Å². The largest absolute Gasteiger partial charge is 0.176 e. The van der Waals surface area contributed by atoms with Gasteiger partial charge in [0.05, 0.1) is 0 Å². The van der Waals surface area contributed by atoms with Crippen LogP contribution >= 0.6 is 12.6 Å². The molecule has 1 aliphatic carbocycles. The Hall–Kier alpha value is 0.350. The van der Waals surface area contributed by atoms with Crippen LogP contribution in [0.25, 0.3) is 0 Å². The summed E-state index contributed by atoms with van der Waals surface area (Å²) < 4.78 is 0. The molecule has 0 nitrogen and oxygen atoms in total. The highest BCUT2D eigenvalue weighted by Crippen LogP contribution is 2.47. The first-order valence-electron chi connectivity index (χ1n) is 4.49. The van der Waals surface area contributed by atoms with Gasteiger partial charge in [0.1, 0.15) is 0 Å². The molecular weight excluding hydrogens is 152 g/mol. The Morgan fingerprint density at radius 3 is 1.64 bits per heavy atom. The topological polar surface area (TPSA) is 0 Å². The molecule has 0 aliphatic heterocycles. The summed E-state index contributed by atoms with van der Waals surface area (Å²) in [7, 11) is 0. The highest BCUT2D eigenvalue weighted by atomic mass is 32.1.